The SMILES string of the molecule is CC1(C)COC(c2cccc(-c3ccc4c(c3)c3cc(-c5ccc6c(c5)c5cc(-c7cccc(C8=NC(C)(C)CO8)c7)ccc5n6-c5ccccc5)ccc3n4-c3ccccc3)c2)=N1. The number of ether oxygens (including phenoxy) is 2. The van der Waals surface area contributed by atoms with Gasteiger partial charge >= 0.3 is 0 Å². The molecule has 0 saturated heterocycles. The molecule has 0 atom stereocenters. The molecule has 64 heavy (non-hydrogen) atoms. The molecule has 310 valence electrons. The Balaban J connectivity index is 1.02. The first-order chi connectivity index (χ1) is 31.1. The van der Waals surface area contributed by atoms with Crippen LogP contribution < -0.4 is 0 Å². The minimum absolute atomic E-state index is 0.223. The van der Waals surface area contributed by atoms with Crippen LogP contribution in [-0.2, 0) is 9.47 Å². The van der Waals surface area contributed by atoms with Crippen LogP contribution in [0.2, 0.25) is 0 Å². The summed E-state index contributed by atoms with van der Waals surface area (Å²) >= 11 is 0. The standard InChI is InChI=1S/C58H46N4O2/c1-57(2)35-63-55(59-57)43-15-11-13-37(29-43)39-21-25-51-47(31-39)49-33-41(23-27-53(49)61(51)45-17-7-5-8-18-45)42-24-28-54-50(34-42)48-32-40(22-26-52(48)62(54)46-19-9-6-10-20-46)38-14-12-16-44(30-38)56-60-58(3,4)36-64-56/h5-34H,35-36H2,1-4H3. The van der Waals surface area contributed by atoms with Crippen molar-refractivity contribution in [1.29, 1.82) is 0 Å². The van der Waals surface area contributed by atoms with Gasteiger partial charge in [0, 0.05) is 44.0 Å². The predicted octanol–water partition coefficient (Wildman–Crippen LogP) is 14.0. The molecular formula is C58H46N4O2. The first kappa shape index (κ1) is 38.0. The summed E-state index contributed by atoms with van der Waals surface area (Å²) in [6.45, 7) is 9.60. The quantitative estimate of drug-likeness (QED) is 0.161. The summed E-state index contributed by atoms with van der Waals surface area (Å²) in [5.41, 5.74) is 15.4. The van der Waals surface area contributed by atoms with Crippen molar-refractivity contribution in [3.63, 3.8) is 0 Å². The molecule has 0 spiro atoms. The zero-order valence-electron chi connectivity index (χ0n) is 36.3. The van der Waals surface area contributed by atoms with Crippen molar-refractivity contribution >= 4 is 55.4 Å². The van der Waals surface area contributed by atoms with Crippen molar-refractivity contribution in [3.05, 3.63) is 193 Å². The second-order valence-electron chi connectivity index (χ2n) is 18.5. The van der Waals surface area contributed by atoms with Crippen molar-refractivity contribution < 1.29 is 9.47 Å². The normalized spacial score (nSPS) is 15.4. The van der Waals surface area contributed by atoms with E-state index in [1.807, 2.05) is 0 Å². The number of fused-ring (bicyclic) bond motifs is 6. The van der Waals surface area contributed by atoms with E-state index >= 15 is 0 Å². The Kier molecular flexibility index (Phi) is 8.57. The van der Waals surface area contributed by atoms with Crippen LogP contribution in [0.3, 0.4) is 0 Å². The van der Waals surface area contributed by atoms with Crippen LogP contribution in [0.5, 0.6) is 0 Å². The topological polar surface area (TPSA) is 53.0 Å². The lowest BCUT2D eigenvalue weighted by molar-refractivity contribution is 0.279. The van der Waals surface area contributed by atoms with Crippen LogP contribution >= 0.6 is 0 Å². The summed E-state index contributed by atoms with van der Waals surface area (Å²) in [7, 11) is 0. The van der Waals surface area contributed by atoms with Crippen molar-refractivity contribution in [1.82, 2.24) is 9.13 Å². The Morgan fingerprint density at radius 3 is 0.969 bits per heavy atom. The summed E-state index contributed by atoms with van der Waals surface area (Å²) in [5, 5.41) is 4.80. The molecular weight excluding hydrogens is 785 g/mol. The number of para-hydroxylation sites is 2. The average molecular weight is 831 g/mol. The highest BCUT2D eigenvalue weighted by molar-refractivity contribution is 6.14. The zero-order chi connectivity index (χ0) is 43.2. The lowest BCUT2D eigenvalue weighted by Gasteiger charge is -2.09. The van der Waals surface area contributed by atoms with Crippen LogP contribution in [0, 0.1) is 0 Å². The van der Waals surface area contributed by atoms with E-state index in [-0.39, 0.29) is 11.1 Å². The molecule has 0 bridgehead atoms. The minimum atomic E-state index is -0.223. The summed E-state index contributed by atoms with van der Waals surface area (Å²) in [6, 6.07) is 66.1. The van der Waals surface area contributed by atoms with Crippen molar-refractivity contribution in [2.24, 2.45) is 9.98 Å². The Morgan fingerprint density at radius 1 is 0.344 bits per heavy atom. The lowest BCUT2D eigenvalue weighted by atomic mass is 9.98. The van der Waals surface area contributed by atoms with E-state index in [0.29, 0.717) is 25.0 Å². The number of aliphatic imine (C=N–C) groups is 2. The molecule has 0 fully saturated rings. The fourth-order valence-corrected chi connectivity index (χ4v) is 9.60. The monoisotopic (exact) mass is 830 g/mol. The maximum atomic E-state index is 6.05. The summed E-state index contributed by atoms with van der Waals surface area (Å²) in [5.74, 6) is 1.42. The van der Waals surface area contributed by atoms with Gasteiger partial charge in [0.15, 0.2) is 0 Å². The highest BCUT2D eigenvalue weighted by Gasteiger charge is 2.28. The van der Waals surface area contributed by atoms with Gasteiger partial charge in [-0.05, 0) is 158 Å². The van der Waals surface area contributed by atoms with Gasteiger partial charge in [0.25, 0.3) is 0 Å². The van der Waals surface area contributed by atoms with Crippen LogP contribution in [0.25, 0.3) is 88.4 Å². The van der Waals surface area contributed by atoms with E-state index in [0.717, 1.165) is 77.9 Å². The molecule has 4 heterocycles. The van der Waals surface area contributed by atoms with Gasteiger partial charge in [-0.1, -0.05) is 84.9 Å². The molecule has 0 aliphatic carbocycles. The molecule has 2 aliphatic heterocycles. The molecule has 0 radical (unpaired) electrons. The summed E-state index contributed by atoms with van der Waals surface area (Å²) in [6.07, 6.45) is 0. The van der Waals surface area contributed by atoms with Gasteiger partial charge in [-0.15, -0.1) is 0 Å². The number of hydrogen-bond donors (Lipinski definition) is 0. The van der Waals surface area contributed by atoms with Gasteiger partial charge in [0.05, 0.1) is 33.1 Å². The van der Waals surface area contributed by atoms with Crippen molar-refractivity contribution in [2.75, 3.05) is 13.2 Å². The predicted molar refractivity (Wildman–Crippen MR) is 265 cm³/mol. The first-order valence-corrected chi connectivity index (χ1v) is 22.1. The van der Waals surface area contributed by atoms with E-state index in [4.69, 9.17) is 19.5 Å². The number of hydrogen-bond acceptors (Lipinski definition) is 4. The largest absolute Gasteiger partial charge is 0.475 e. The second-order valence-corrected chi connectivity index (χ2v) is 18.5. The molecule has 6 heteroatoms. The van der Waals surface area contributed by atoms with Crippen LogP contribution in [0.15, 0.2) is 192 Å². The minimum Gasteiger partial charge on any atom is -0.475 e. The number of rotatable bonds is 7. The third kappa shape index (κ3) is 6.48. The van der Waals surface area contributed by atoms with Crippen LogP contribution in [0.4, 0.5) is 0 Å². The molecule has 10 aromatic rings. The van der Waals surface area contributed by atoms with Crippen molar-refractivity contribution in [2.45, 2.75) is 38.8 Å². The number of aromatic nitrogens is 2. The van der Waals surface area contributed by atoms with Crippen LogP contribution in [-0.4, -0.2) is 45.2 Å². The molecule has 0 saturated carbocycles. The third-order valence-corrected chi connectivity index (χ3v) is 12.7. The Hall–Kier alpha value is -7.70. The average Bonchev–Trinajstić information content (AvgIpc) is 4.08. The molecule has 0 N–H and O–H groups in total. The summed E-state index contributed by atoms with van der Waals surface area (Å²) < 4.78 is 16.9. The Morgan fingerprint density at radius 2 is 0.656 bits per heavy atom. The Bertz CT molecular complexity index is 3320. The van der Waals surface area contributed by atoms with E-state index in [1.54, 1.807) is 0 Å². The van der Waals surface area contributed by atoms with Gasteiger partial charge in [0.2, 0.25) is 11.8 Å². The highest BCUT2D eigenvalue weighted by Crippen LogP contribution is 2.41. The van der Waals surface area contributed by atoms with E-state index in [2.05, 4.69) is 219 Å². The van der Waals surface area contributed by atoms with Crippen molar-refractivity contribution in [3.8, 4) is 44.8 Å². The van der Waals surface area contributed by atoms with Gasteiger partial charge < -0.3 is 18.6 Å². The number of benzene rings is 8. The molecule has 8 aromatic carbocycles. The smallest absolute Gasteiger partial charge is 0.216 e. The highest BCUT2D eigenvalue weighted by atomic mass is 16.5. The molecule has 2 aliphatic rings. The van der Waals surface area contributed by atoms with Gasteiger partial charge in [-0.3, -0.25) is 0 Å². The zero-order valence-corrected chi connectivity index (χ0v) is 36.3. The molecule has 0 unspecified atom stereocenters. The Labute approximate surface area is 372 Å². The third-order valence-electron chi connectivity index (χ3n) is 12.7. The van der Waals surface area contributed by atoms with Gasteiger partial charge in [-0.25, -0.2) is 9.98 Å². The maximum Gasteiger partial charge on any atom is 0.216 e. The van der Waals surface area contributed by atoms with E-state index < -0.39 is 0 Å². The fourth-order valence-electron chi connectivity index (χ4n) is 9.60. The van der Waals surface area contributed by atoms with Gasteiger partial charge in [-0.2, -0.15) is 0 Å². The molecule has 0 amide bonds. The second kappa shape index (κ2) is 14.4. The molecule has 12 rings (SSSR count). The first-order valence-electron chi connectivity index (χ1n) is 22.1. The van der Waals surface area contributed by atoms with E-state index in [9.17, 15) is 0 Å². The molecule has 2 aromatic heterocycles. The lowest BCUT2D eigenvalue weighted by Crippen LogP contribution is -2.17. The molecule has 6 nitrogen and oxygen atoms in total. The number of nitrogens with zero attached hydrogens (tertiary/aromatic N) is 4. The summed E-state index contributed by atoms with van der Waals surface area (Å²) in [4.78, 5) is 9.73. The van der Waals surface area contributed by atoms with Crippen LogP contribution in [0.1, 0.15) is 38.8 Å². The fraction of sp³-hybridized carbons (Fsp3) is 0.138. The van der Waals surface area contributed by atoms with Gasteiger partial charge in [0.1, 0.15) is 13.2 Å². The maximum absolute atomic E-state index is 6.05. The van der Waals surface area contributed by atoms with E-state index in [1.165, 1.54) is 21.5 Å².